The fourth-order valence-corrected chi connectivity index (χ4v) is 2.71. The van der Waals surface area contributed by atoms with Crippen molar-refractivity contribution in [3.63, 3.8) is 0 Å². The maximum absolute atomic E-state index is 12.6. The van der Waals surface area contributed by atoms with Gasteiger partial charge in [0.25, 0.3) is 5.56 Å². The topological polar surface area (TPSA) is 123 Å². The SMILES string of the molecule is COc1cc(NC(=O)Cn2nc(C(=O)[O-])c3ccccc3c2=O)cc(OC)c1. The Bertz CT molecular complexity index is 1100. The van der Waals surface area contributed by atoms with E-state index in [-0.39, 0.29) is 10.8 Å². The fraction of sp³-hybridized carbons (Fsp3) is 0.158. The number of hydrogen-bond acceptors (Lipinski definition) is 7. The number of amides is 1. The molecule has 3 aromatic rings. The summed E-state index contributed by atoms with van der Waals surface area (Å²) in [4.78, 5) is 36.3. The highest BCUT2D eigenvalue weighted by atomic mass is 16.5. The van der Waals surface area contributed by atoms with E-state index in [4.69, 9.17) is 9.47 Å². The molecule has 1 amide bonds. The van der Waals surface area contributed by atoms with Crippen LogP contribution >= 0.6 is 0 Å². The summed E-state index contributed by atoms with van der Waals surface area (Å²) in [5.74, 6) is -1.18. The predicted molar refractivity (Wildman–Crippen MR) is 98.5 cm³/mol. The minimum absolute atomic E-state index is 0.132. The summed E-state index contributed by atoms with van der Waals surface area (Å²) in [6.45, 7) is -0.483. The van der Waals surface area contributed by atoms with Gasteiger partial charge in [0.2, 0.25) is 5.91 Å². The number of nitrogens with zero attached hydrogens (tertiary/aromatic N) is 2. The van der Waals surface area contributed by atoms with Crippen LogP contribution in [0.15, 0.2) is 47.3 Å². The summed E-state index contributed by atoms with van der Waals surface area (Å²) < 4.78 is 11.1. The third kappa shape index (κ3) is 3.78. The second kappa shape index (κ2) is 7.78. The first-order valence-electron chi connectivity index (χ1n) is 8.17. The largest absolute Gasteiger partial charge is 0.543 e. The van der Waals surface area contributed by atoms with Crippen molar-refractivity contribution in [1.82, 2.24) is 9.78 Å². The molecule has 144 valence electrons. The van der Waals surface area contributed by atoms with Gasteiger partial charge in [-0.3, -0.25) is 9.59 Å². The molecule has 0 aliphatic rings. The number of carbonyl (C=O) groups excluding carboxylic acids is 2. The van der Waals surface area contributed by atoms with Crippen LogP contribution in [0.5, 0.6) is 11.5 Å². The number of benzene rings is 2. The van der Waals surface area contributed by atoms with Crippen LogP contribution in [0.1, 0.15) is 10.5 Å². The van der Waals surface area contributed by atoms with Crippen LogP contribution in [0.2, 0.25) is 0 Å². The molecule has 0 fully saturated rings. The average molecular weight is 382 g/mol. The van der Waals surface area contributed by atoms with E-state index < -0.39 is 29.7 Å². The molecule has 2 aromatic carbocycles. The Morgan fingerprint density at radius 2 is 1.68 bits per heavy atom. The van der Waals surface area contributed by atoms with Crippen molar-refractivity contribution in [3.8, 4) is 11.5 Å². The Balaban J connectivity index is 1.93. The van der Waals surface area contributed by atoms with Crippen molar-refractivity contribution in [2.75, 3.05) is 19.5 Å². The quantitative estimate of drug-likeness (QED) is 0.655. The van der Waals surface area contributed by atoms with Gasteiger partial charge < -0.3 is 24.7 Å². The molecule has 1 heterocycles. The van der Waals surface area contributed by atoms with Gasteiger partial charge in [-0.2, -0.15) is 5.10 Å². The van der Waals surface area contributed by atoms with Crippen molar-refractivity contribution in [3.05, 3.63) is 58.5 Å². The monoisotopic (exact) mass is 382 g/mol. The number of hydrogen-bond donors (Lipinski definition) is 1. The van der Waals surface area contributed by atoms with Gasteiger partial charge in [0.1, 0.15) is 23.7 Å². The van der Waals surface area contributed by atoms with Gasteiger partial charge in [-0.05, 0) is 6.07 Å². The number of carbonyl (C=O) groups is 2. The molecule has 1 N–H and O–H groups in total. The lowest BCUT2D eigenvalue weighted by molar-refractivity contribution is -0.255. The van der Waals surface area contributed by atoms with E-state index in [0.29, 0.717) is 17.2 Å². The van der Waals surface area contributed by atoms with Crippen LogP contribution in [-0.2, 0) is 11.3 Å². The van der Waals surface area contributed by atoms with Gasteiger partial charge in [-0.15, -0.1) is 0 Å². The van der Waals surface area contributed by atoms with Crippen LogP contribution in [-0.4, -0.2) is 35.9 Å². The molecule has 28 heavy (non-hydrogen) atoms. The molecular weight excluding hydrogens is 366 g/mol. The fourth-order valence-electron chi connectivity index (χ4n) is 2.71. The summed E-state index contributed by atoms with van der Waals surface area (Å²) in [5.41, 5.74) is -0.611. The number of nitrogens with one attached hydrogen (secondary N) is 1. The third-order valence-corrected chi connectivity index (χ3v) is 3.99. The number of methoxy groups -OCH3 is 2. The molecule has 0 unspecified atom stereocenters. The number of fused-ring (bicyclic) bond motifs is 1. The number of aromatic nitrogens is 2. The zero-order valence-electron chi connectivity index (χ0n) is 15.1. The molecule has 0 saturated heterocycles. The van der Waals surface area contributed by atoms with Gasteiger partial charge in [0.05, 0.1) is 25.6 Å². The highest BCUT2D eigenvalue weighted by Crippen LogP contribution is 2.25. The lowest BCUT2D eigenvalue weighted by Crippen LogP contribution is -2.34. The zero-order chi connectivity index (χ0) is 20.3. The zero-order valence-corrected chi connectivity index (χ0v) is 15.1. The van der Waals surface area contributed by atoms with Crippen molar-refractivity contribution < 1.29 is 24.2 Å². The predicted octanol–water partition coefficient (Wildman–Crippen LogP) is 0.416. The van der Waals surface area contributed by atoms with E-state index in [2.05, 4.69) is 10.4 Å². The molecule has 0 aliphatic carbocycles. The van der Waals surface area contributed by atoms with E-state index in [9.17, 15) is 19.5 Å². The second-order valence-electron chi connectivity index (χ2n) is 5.79. The van der Waals surface area contributed by atoms with Crippen LogP contribution < -0.4 is 25.5 Å². The second-order valence-corrected chi connectivity index (χ2v) is 5.79. The molecule has 0 bridgehead atoms. The molecule has 1 aromatic heterocycles. The number of anilines is 1. The van der Waals surface area contributed by atoms with Crippen molar-refractivity contribution in [2.24, 2.45) is 0 Å². The first-order valence-corrected chi connectivity index (χ1v) is 8.17. The van der Waals surface area contributed by atoms with Crippen LogP contribution in [0.25, 0.3) is 10.8 Å². The number of rotatable bonds is 6. The lowest BCUT2D eigenvalue weighted by Gasteiger charge is -2.12. The summed E-state index contributed by atoms with van der Waals surface area (Å²) in [7, 11) is 2.95. The van der Waals surface area contributed by atoms with Crippen LogP contribution in [0.4, 0.5) is 5.69 Å². The standard InChI is InChI=1S/C19H17N3O6/c1-27-12-7-11(8-13(9-12)28-2)20-16(23)10-22-18(24)15-6-4-3-5-14(15)17(21-22)19(25)26/h3-9H,10H2,1-2H3,(H,20,23)(H,25,26)/p-1. The summed E-state index contributed by atoms with van der Waals surface area (Å²) in [6.07, 6.45) is 0. The molecule has 0 spiro atoms. The Labute approximate surface area is 159 Å². The number of ether oxygens (including phenoxy) is 2. The van der Waals surface area contributed by atoms with Crippen LogP contribution in [0, 0.1) is 0 Å². The maximum Gasteiger partial charge on any atom is 0.275 e. The molecular formula is C19H16N3O6-. The number of carboxylic acid groups (broad SMARTS) is 1. The minimum Gasteiger partial charge on any atom is -0.543 e. The molecule has 0 atom stereocenters. The van der Waals surface area contributed by atoms with Gasteiger partial charge in [-0.25, -0.2) is 4.68 Å². The van der Waals surface area contributed by atoms with E-state index in [1.807, 2.05) is 0 Å². The lowest BCUT2D eigenvalue weighted by atomic mass is 10.1. The van der Waals surface area contributed by atoms with Crippen molar-refractivity contribution in [2.45, 2.75) is 6.54 Å². The number of carboxylic acids is 1. The first-order chi connectivity index (χ1) is 13.4. The molecule has 0 saturated carbocycles. The highest BCUT2D eigenvalue weighted by Gasteiger charge is 2.14. The first kappa shape index (κ1) is 18.9. The molecule has 9 heteroatoms. The Morgan fingerprint density at radius 1 is 1.07 bits per heavy atom. The Kier molecular flexibility index (Phi) is 5.25. The van der Waals surface area contributed by atoms with Crippen molar-refractivity contribution in [1.29, 1.82) is 0 Å². The Morgan fingerprint density at radius 3 is 2.25 bits per heavy atom. The van der Waals surface area contributed by atoms with Gasteiger partial charge >= 0.3 is 0 Å². The van der Waals surface area contributed by atoms with E-state index in [1.54, 1.807) is 30.3 Å². The van der Waals surface area contributed by atoms with E-state index >= 15 is 0 Å². The van der Waals surface area contributed by atoms with Crippen LogP contribution in [0.3, 0.4) is 0 Å². The summed E-state index contributed by atoms with van der Waals surface area (Å²) in [5, 5.41) is 18.0. The molecule has 3 rings (SSSR count). The van der Waals surface area contributed by atoms with Crippen molar-refractivity contribution >= 4 is 28.3 Å². The van der Waals surface area contributed by atoms with E-state index in [0.717, 1.165) is 4.68 Å². The van der Waals surface area contributed by atoms with Gasteiger partial charge in [0.15, 0.2) is 0 Å². The average Bonchev–Trinajstić information content (AvgIpc) is 2.69. The third-order valence-electron chi connectivity index (χ3n) is 3.99. The van der Waals surface area contributed by atoms with Gasteiger partial charge in [-0.1, -0.05) is 18.2 Å². The summed E-state index contributed by atoms with van der Waals surface area (Å²) >= 11 is 0. The molecule has 9 nitrogen and oxygen atoms in total. The molecule has 0 radical (unpaired) electrons. The number of aromatic carboxylic acids is 1. The maximum atomic E-state index is 12.6. The molecule has 0 aliphatic heterocycles. The summed E-state index contributed by atoms with van der Waals surface area (Å²) in [6, 6.07) is 10.9. The highest BCUT2D eigenvalue weighted by molar-refractivity contribution is 6.00. The smallest absolute Gasteiger partial charge is 0.275 e. The Hall–Kier alpha value is -3.88. The minimum atomic E-state index is -1.54. The normalized spacial score (nSPS) is 10.5. The van der Waals surface area contributed by atoms with Gasteiger partial charge in [0, 0.05) is 29.3 Å². The van der Waals surface area contributed by atoms with E-state index in [1.165, 1.54) is 26.4 Å².